The van der Waals surface area contributed by atoms with Gasteiger partial charge in [0.2, 0.25) is 0 Å². The summed E-state index contributed by atoms with van der Waals surface area (Å²) < 4.78 is 16.9. The molecule has 3 rings (SSSR count). The van der Waals surface area contributed by atoms with Crippen molar-refractivity contribution in [3.8, 4) is 0 Å². The highest BCUT2D eigenvalue weighted by atomic mass is 16.5. The molecule has 1 aliphatic rings. The summed E-state index contributed by atoms with van der Waals surface area (Å²) in [5.41, 5.74) is 0.827. The van der Waals surface area contributed by atoms with Crippen LogP contribution in [0.25, 0.3) is 0 Å². The SMILES string of the molecule is CC(OCC1CCCCO1)C(=O)N(Cc1ccco1)c1ccccc1. The molecule has 1 fully saturated rings. The fourth-order valence-electron chi connectivity index (χ4n) is 2.94. The topological polar surface area (TPSA) is 51.9 Å². The van der Waals surface area contributed by atoms with Crippen LogP contribution < -0.4 is 4.90 Å². The lowest BCUT2D eigenvalue weighted by Crippen LogP contribution is -2.40. The second kappa shape index (κ2) is 8.83. The number of rotatable bonds is 7. The van der Waals surface area contributed by atoms with Gasteiger partial charge in [0.1, 0.15) is 11.9 Å². The molecule has 0 radical (unpaired) electrons. The van der Waals surface area contributed by atoms with Crippen LogP contribution in [-0.2, 0) is 20.8 Å². The minimum Gasteiger partial charge on any atom is -0.467 e. The molecule has 1 aromatic carbocycles. The zero-order chi connectivity index (χ0) is 17.5. The number of ether oxygens (including phenoxy) is 2. The highest BCUT2D eigenvalue weighted by Gasteiger charge is 2.25. The Bertz CT molecular complexity index is 635. The fourth-order valence-corrected chi connectivity index (χ4v) is 2.94. The van der Waals surface area contributed by atoms with Crippen LogP contribution in [0.3, 0.4) is 0 Å². The van der Waals surface area contributed by atoms with E-state index in [0.717, 1.165) is 37.3 Å². The van der Waals surface area contributed by atoms with Crippen molar-refractivity contribution < 1.29 is 18.7 Å². The molecule has 2 aromatic rings. The van der Waals surface area contributed by atoms with Gasteiger partial charge in [0, 0.05) is 12.3 Å². The first kappa shape index (κ1) is 17.7. The summed E-state index contributed by atoms with van der Waals surface area (Å²) >= 11 is 0. The van der Waals surface area contributed by atoms with Gasteiger partial charge in [-0.25, -0.2) is 0 Å². The van der Waals surface area contributed by atoms with Gasteiger partial charge in [-0.1, -0.05) is 18.2 Å². The second-order valence-electron chi connectivity index (χ2n) is 6.30. The predicted molar refractivity (Wildman–Crippen MR) is 95.3 cm³/mol. The maximum atomic E-state index is 13.0. The van der Waals surface area contributed by atoms with Gasteiger partial charge in [0.25, 0.3) is 5.91 Å². The number of para-hydroxylation sites is 1. The maximum absolute atomic E-state index is 13.0. The zero-order valence-corrected chi connectivity index (χ0v) is 14.6. The molecule has 0 spiro atoms. The second-order valence-corrected chi connectivity index (χ2v) is 6.30. The molecule has 0 saturated carbocycles. The van der Waals surface area contributed by atoms with E-state index in [1.54, 1.807) is 18.1 Å². The number of hydrogen-bond donors (Lipinski definition) is 0. The molecule has 0 aliphatic carbocycles. The van der Waals surface area contributed by atoms with Crippen molar-refractivity contribution >= 4 is 11.6 Å². The Balaban J connectivity index is 1.65. The molecule has 1 aliphatic heterocycles. The predicted octanol–water partition coefficient (Wildman–Crippen LogP) is 3.79. The largest absolute Gasteiger partial charge is 0.467 e. The number of furan rings is 1. The van der Waals surface area contributed by atoms with Crippen LogP contribution in [0.2, 0.25) is 0 Å². The van der Waals surface area contributed by atoms with E-state index in [2.05, 4.69) is 0 Å². The Morgan fingerprint density at radius 1 is 1.24 bits per heavy atom. The number of amides is 1. The molecule has 25 heavy (non-hydrogen) atoms. The van der Waals surface area contributed by atoms with Gasteiger partial charge < -0.3 is 18.8 Å². The van der Waals surface area contributed by atoms with Gasteiger partial charge in [0.15, 0.2) is 0 Å². The van der Waals surface area contributed by atoms with Crippen LogP contribution in [0.5, 0.6) is 0 Å². The molecule has 2 heterocycles. The van der Waals surface area contributed by atoms with E-state index in [4.69, 9.17) is 13.9 Å². The summed E-state index contributed by atoms with van der Waals surface area (Å²) in [5, 5.41) is 0. The highest BCUT2D eigenvalue weighted by Crippen LogP contribution is 2.20. The van der Waals surface area contributed by atoms with E-state index >= 15 is 0 Å². The Morgan fingerprint density at radius 3 is 2.76 bits per heavy atom. The van der Waals surface area contributed by atoms with Gasteiger partial charge in [-0.2, -0.15) is 0 Å². The van der Waals surface area contributed by atoms with Crippen LogP contribution in [0.4, 0.5) is 5.69 Å². The lowest BCUT2D eigenvalue weighted by molar-refractivity contribution is -0.133. The molecule has 0 N–H and O–H groups in total. The summed E-state index contributed by atoms with van der Waals surface area (Å²) in [6.45, 7) is 3.41. The molecule has 5 heteroatoms. The van der Waals surface area contributed by atoms with Crippen molar-refractivity contribution in [2.45, 2.75) is 44.9 Å². The monoisotopic (exact) mass is 343 g/mol. The van der Waals surface area contributed by atoms with Crippen LogP contribution in [0, 0.1) is 0 Å². The van der Waals surface area contributed by atoms with Gasteiger partial charge in [0.05, 0.1) is 25.5 Å². The molecule has 1 aromatic heterocycles. The molecular weight excluding hydrogens is 318 g/mol. The van der Waals surface area contributed by atoms with Crippen molar-refractivity contribution in [2.75, 3.05) is 18.1 Å². The van der Waals surface area contributed by atoms with Gasteiger partial charge in [-0.3, -0.25) is 4.79 Å². The first-order valence-electron chi connectivity index (χ1n) is 8.86. The number of carbonyl (C=O) groups is 1. The summed E-state index contributed by atoms with van der Waals surface area (Å²) in [6, 6.07) is 13.3. The van der Waals surface area contributed by atoms with E-state index in [9.17, 15) is 4.79 Å². The van der Waals surface area contributed by atoms with Gasteiger partial charge in [-0.05, 0) is 50.5 Å². The average molecular weight is 343 g/mol. The number of nitrogens with zero attached hydrogens (tertiary/aromatic N) is 1. The van der Waals surface area contributed by atoms with Gasteiger partial charge >= 0.3 is 0 Å². The summed E-state index contributed by atoms with van der Waals surface area (Å²) in [5.74, 6) is 0.651. The summed E-state index contributed by atoms with van der Waals surface area (Å²) in [6.07, 6.45) is 4.43. The Kier molecular flexibility index (Phi) is 6.25. The minimum absolute atomic E-state index is 0.0848. The van der Waals surface area contributed by atoms with Crippen LogP contribution in [0.15, 0.2) is 53.1 Å². The number of benzene rings is 1. The van der Waals surface area contributed by atoms with Crippen molar-refractivity contribution in [1.82, 2.24) is 0 Å². The Labute approximate surface area is 148 Å². The molecule has 0 bridgehead atoms. The molecule has 2 atom stereocenters. The van der Waals surface area contributed by atoms with Crippen molar-refractivity contribution in [3.63, 3.8) is 0 Å². The first-order valence-corrected chi connectivity index (χ1v) is 8.86. The molecule has 134 valence electrons. The molecule has 1 saturated heterocycles. The van der Waals surface area contributed by atoms with E-state index in [0.29, 0.717) is 13.2 Å². The van der Waals surface area contributed by atoms with Crippen molar-refractivity contribution in [1.29, 1.82) is 0 Å². The Morgan fingerprint density at radius 2 is 2.08 bits per heavy atom. The van der Waals surface area contributed by atoms with E-state index in [1.165, 1.54) is 0 Å². The lowest BCUT2D eigenvalue weighted by atomic mass is 10.1. The van der Waals surface area contributed by atoms with Crippen molar-refractivity contribution in [3.05, 3.63) is 54.5 Å². The van der Waals surface area contributed by atoms with E-state index < -0.39 is 6.10 Å². The molecule has 2 unspecified atom stereocenters. The van der Waals surface area contributed by atoms with E-state index in [-0.39, 0.29) is 12.0 Å². The van der Waals surface area contributed by atoms with E-state index in [1.807, 2.05) is 42.5 Å². The normalized spacial score (nSPS) is 18.7. The molecular formula is C20H25NO4. The third-order valence-corrected chi connectivity index (χ3v) is 4.38. The lowest BCUT2D eigenvalue weighted by Gasteiger charge is -2.27. The third kappa shape index (κ3) is 4.94. The number of carbonyl (C=O) groups excluding carboxylic acids is 1. The maximum Gasteiger partial charge on any atom is 0.256 e. The van der Waals surface area contributed by atoms with Gasteiger partial charge in [-0.15, -0.1) is 0 Å². The average Bonchev–Trinajstić information content (AvgIpc) is 3.18. The molecule has 5 nitrogen and oxygen atoms in total. The van der Waals surface area contributed by atoms with Crippen molar-refractivity contribution in [2.24, 2.45) is 0 Å². The summed E-state index contributed by atoms with van der Waals surface area (Å²) in [4.78, 5) is 14.7. The quantitative estimate of drug-likeness (QED) is 0.767. The Hall–Kier alpha value is -2.11. The fraction of sp³-hybridized carbons (Fsp3) is 0.450. The zero-order valence-electron chi connectivity index (χ0n) is 14.6. The first-order chi connectivity index (χ1) is 12.2. The standard InChI is InChI=1S/C20H25NO4/c1-16(25-15-19-10-5-6-12-24-19)20(22)21(14-18-11-7-13-23-18)17-8-3-2-4-9-17/h2-4,7-9,11,13,16,19H,5-6,10,12,14-15H2,1H3. The van der Waals surface area contributed by atoms with Crippen LogP contribution in [0.1, 0.15) is 31.9 Å². The third-order valence-electron chi connectivity index (χ3n) is 4.38. The highest BCUT2D eigenvalue weighted by molar-refractivity contribution is 5.96. The number of anilines is 1. The minimum atomic E-state index is -0.541. The molecule has 1 amide bonds. The smallest absolute Gasteiger partial charge is 0.256 e. The summed E-state index contributed by atoms with van der Waals surface area (Å²) in [7, 11) is 0. The van der Waals surface area contributed by atoms with Crippen LogP contribution in [-0.4, -0.2) is 31.3 Å². The van der Waals surface area contributed by atoms with Crippen LogP contribution >= 0.6 is 0 Å². The number of hydrogen-bond acceptors (Lipinski definition) is 4.